The molecule has 11 aromatic carbocycles. The topological polar surface area (TPSA) is 28.2 Å². The van der Waals surface area contributed by atoms with Crippen molar-refractivity contribution in [3.63, 3.8) is 0 Å². The summed E-state index contributed by atoms with van der Waals surface area (Å²) in [6, 6.07) is 81.7. The van der Waals surface area contributed by atoms with Crippen LogP contribution in [0.25, 0.3) is 44.2 Å². The summed E-state index contributed by atoms with van der Waals surface area (Å²) < 4.78 is 13.0. The van der Waals surface area contributed by atoms with E-state index in [-0.39, 0.29) is 33.8 Å². The van der Waals surface area contributed by atoms with Gasteiger partial charge in [-0.3, -0.25) is 0 Å². The molecule has 0 fully saturated rings. The predicted octanol–water partition coefficient (Wildman–Crippen LogP) is 20.3. The van der Waals surface area contributed by atoms with Gasteiger partial charge in [0.1, 0.15) is 13.2 Å². The van der Waals surface area contributed by atoms with Crippen LogP contribution in [-0.2, 0) is 27.1 Å². The molecule has 0 unspecified atom stereocenters. The highest BCUT2D eigenvalue weighted by molar-refractivity contribution is 7.00. The normalized spacial score (nSPS) is 15.4. The summed E-state index contributed by atoms with van der Waals surface area (Å²) in [5.41, 5.74) is 30.3. The summed E-state index contributed by atoms with van der Waals surface area (Å²) in [6.07, 6.45) is 0. The number of nitrogens with zero attached hydrogens (tertiary/aromatic N) is 3. The smallest absolute Gasteiger partial charge is 0.252 e. The SMILES string of the molecule is CC(C)(C)c1ccc(N2c3ccc(C(C)(C)C)cc3B3c4cc5c(cc4N(c4ccc(C(C)(C)C)cc4)c4cc(-c6ccc(N(c7ccc8c(c7)C(C)(C)c7ccccc7-8)c7ccc8c(c7)C(C)(C)c7ccc9ccccc9c7-8)cc6)cc2c43)OCCO5)cc1. The first kappa shape index (κ1) is 56.0. The van der Waals surface area contributed by atoms with E-state index in [0.29, 0.717) is 13.2 Å². The zero-order chi connectivity index (χ0) is 62.1. The van der Waals surface area contributed by atoms with E-state index in [4.69, 9.17) is 9.47 Å². The lowest BCUT2D eigenvalue weighted by Gasteiger charge is -2.45. The lowest BCUT2D eigenvalue weighted by Crippen LogP contribution is -2.61. The van der Waals surface area contributed by atoms with E-state index in [2.05, 4.69) is 317 Å². The third kappa shape index (κ3) is 8.56. The number of rotatable bonds is 6. The minimum Gasteiger partial charge on any atom is -0.486 e. The van der Waals surface area contributed by atoms with Gasteiger partial charge in [0.2, 0.25) is 0 Å². The van der Waals surface area contributed by atoms with Crippen LogP contribution >= 0.6 is 0 Å². The van der Waals surface area contributed by atoms with Crippen LogP contribution in [0.2, 0.25) is 0 Å². The zero-order valence-corrected chi connectivity index (χ0v) is 54.4. The second-order valence-corrected chi connectivity index (χ2v) is 30.1. The van der Waals surface area contributed by atoms with E-state index >= 15 is 0 Å². The van der Waals surface area contributed by atoms with E-state index in [1.54, 1.807) is 0 Å². The maximum Gasteiger partial charge on any atom is 0.252 e. The van der Waals surface area contributed by atoms with Crippen molar-refractivity contribution >= 4 is 85.1 Å². The lowest BCUT2D eigenvalue weighted by atomic mass is 9.33. The van der Waals surface area contributed by atoms with Gasteiger partial charge in [0.25, 0.3) is 6.71 Å². The van der Waals surface area contributed by atoms with Crippen molar-refractivity contribution in [1.29, 1.82) is 0 Å². The Morgan fingerprint density at radius 3 is 1.53 bits per heavy atom. The van der Waals surface area contributed by atoms with Crippen LogP contribution in [0.1, 0.15) is 129 Å². The quantitative estimate of drug-likeness (QED) is 0.155. The molecule has 16 rings (SSSR count). The molecule has 0 amide bonds. The van der Waals surface area contributed by atoms with Gasteiger partial charge in [0.15, 0.2) is 11.5 Å². The van der Waals surface area contributed by atoms with E-state index in [9.17, 15) is 0 Å². The minimum absolute atomic E-state index is 0.00908. The molecule has 0 saturated heterocycles. The number of anilines is 9. The Morgan fingerprint density at radius 2 is 0.900 bits per heavy atom. The van der Waals surface area contributed by atoms with Gasteiger partial charge in [-0.25, -0.2) is 0 Å². The highest BCUT2D eigenvalue weighted by atomic mass is 16.6. The summed E-state index contributed by atoms with van der Waals surface area (Å²) >= 11 is 0. The van der Waals surface area contributed by atoms with Crippen LogP contribution in [0, 0.1) is 0 Å². The second-order valence-electron chi connectivity index (χ2n) is 30.1. The molecular weight excluding hydrogens is 1090 g/mol. The van der Waals surface area contributed by atoms with Crippen LogP contribution in [0.3, 0.4) is 0 Å². The van der Waals surface area contributed by atoms with Gasteiger partial charge in [-0.1, -0.05) is 211 Å². The molecule has 0 spiro atoms. The highest BCUT2D eigenvalue weighted by Crippen LogP contribution is 2.56. The Bertz CT molecular complexity index is 4780. The third-order valence-electron chi connectivity index (χ3n) is 20.7. The van der Waals surface area contributed by atoms with Crippen LogP contribution in [0.4, 0.5) is 51.2 Å². The molecule has 0 N–H and O–H groups in total. The summed E-state index contributed by atoms with van der Waals surface area (Å²) in [5, 5.41) is 2.58. The van der Waals surface area contributed by atoms with Crippen molar-refractivity contribution < 1.29 is 9.47 Å². The van der Waals surface area contributed by atoms with Gasteiger partial charge < -0.3 is 24.2 Å². The number of hydrogen-bond acceptors (Lipinski definition) is 5. The molecule has 2 aliphatic carbocycles. The summed E-state index contributed by atoms with van der Waals surface area (Å²) in [7, 11) is 0. The Balaban J connectivity index is 0.913. The van der Waals surface area contributed by atoms with Gasteiger partial charge in [0, 0.05) is 68.1 Å². The fourth-order valence-corrected chi connectivity index (χ4v) is 15.7. The number of ether oxygens (including phenoxy) is 2. The van der Waals surface area contributed by atoms with Gasteiger partial charge in [-0.15, -0.1) is 0 Å². The highest BCUT2D eigenvalue weighted by Gasteiger charge is 2.46. The molecule has 0 aromatic heterocycles. The number of fused-ring (bicyclic) bond motifs is 13. The van der Waals surface area contributed by atoms with Crippen LogP contribution in [-0.4, -0.2) is 19.9 Å². The molecular formula is C84H78BN3O2. The summed E-state index contributed by atoms with van der Waals surface area (Å²) in [4.78, 5) is 7.57. The molecule has 444 valence electrons. The molecule has 0 saturated carbocycles. The monoisotopic (exact) mass is 1170 g/mol. The Kier molecular flexibility index (Phi) is 12.2. The minimum atomic E-state index is -0.214. The van der Waals surface area contributed by atoms with Gasteiger partial charge >= 0.3 is 0 Å². The van der Waals surface area contributed by atoms with E-state index in [0.717, 1.165) is 68.1 Å². The number of benzene rings is 11. The molecule has 0 bridgehead atoms. The first-order chi connectivity index (χ1) is 43.0. The maximum atomic E-state index is 6.51. The summed E-state index contributed by atoms with van der Waals surface area (Å²) in [5.74, 6) is 1.57. The van der Waals surface area contributed by atoms with E-state index in [1.165, 1.54) is 94.0 Å². The molecule has 6 heteroatoms. The molecule has 0 radical (unpaired) electrons. The largest absolute Gasteiger partial charge is 0.486 e. The Hall–Kier alpha value is -9.26. The van der Waals surface area contributed by atoms with E-state index < -0.39 is 0 Å². The fourth-order valence-electron chi connectivity index (χ4n) is 15.7. The molecule has 90 heavy (non-hydrogen) atoms. The Morgan fingerprint density at radius 1 is 0.389 bits per heavy atom. The van der Waals surface area contributed by atoms with E-state index in [1.807, 2.05) is 0 Å². The van der Waals surface area contributed by atoms with Crippen LogP contribution in [0.5, 0.6) is 11.5 Å². The third-order valence-corrected chi connectivity index (χ3v) is 20.7. The van der Waals surface area contributed by atoms with Gasteiger partial charge in [-0.05, 0) is 201 Å². The molecule has 3 aliphatic heterocycles. The van der Waals surface area contributed by atoms with Gasteiger partial charge in [-0.2, -0.15) is 0 Å². The number of hydrogen-bond donors (Lipinski definition) is 0. The van der Waals surface area contributed by atoms with Crippen molar-refractivity contribution in [3.05, 3.63) is 251 Å². The second kappa shape index (κ2) is 19.6. The van der Waals surface area contributed by atoms with Crippen molar-refractivity contribution in [2.24, 2.45) is 0 Å². The zero-order valence-electron chi connectivity index (χ0n) is 54.4. The first-order valence-corrected chi connectivity index (χ1v) is 32.4. The first-order valence-electron chi connectivity index (χ1n) is 32.4. The van der Waals surface area contributed by atoms with Crippen LogP contribution in [0.15, 0.2) is 212 Å². The summed E-state index contributed by atoms with van der Waals surface area (Å²) in [6.45, 7) is 31.2. The van der Waals surface area contributed by atoms with Crippen molar-refractivity contribution in [3.8, 4) is 44.9 Å². The maximum absolute atomic E-state index is 6.51. The van der Waals surface area contributed by atoms with Crippen molar-refractivity contribution in [2.45, 2.75) is 117 Å². The predicted molar refractivity (Wildman–Crippen MR) is 380 cm³/mol. The molecule has 11 aromatic rings. The van der Waals surface area contributed by atoms with Crippen LogP contribution < -0.4 is 40.6 Å². The molecule has 5 aliphatic rings. The molecule has 3 heterocycles. The van der Waals surface area contributed by atoms with Gasteiger partial charge in [0.05, 0.1) is 0 Å². The average molecular weight is 1170 g/mol. The Labute approximate surface area is 532 Å². The molecule has 5 nitrogen and oxygen atoms in total. The van der Waals surface area contributed by atoms with Crippen molar-refractivity contribution in [2.75, 3.05) is 27.9 Å². The fraction of sp³-hybridized carbons (Fsp3) is 0.238. The molecule has 0 atom stereocenters. The van der Waals surface area contributed by atoms with Crippen molar-refractivity contribution in [1.82, 2.24) is 0 Å². The standard InChI is InChI=1S/C84H78BN3O2/c1-80(2,3)54-25-32-58(33-26-54)87-72-41-29-56(82(7,8)9)46-70(72)85-71-49-76-77(90-43-42-89-76)50-73(71)88(59-34-27-55(28-35-59)81(4,5)6)75-45-53(44-74(87)79(75)85)51-22-30-57(31-23-51)86(60-36-38-64-63-20-16-17-21-66(63)83(10,11)68(64)47-60)61-37-39-65-69(48-61)84(12,13)67-40-24-52-18-14-15-19-62(52)78(65)67/h14-41,44-50H,42-43H2,1-13H3. The lowest BCUT2D eigenvalue weighted by molar-refractivity contribution is 0.172. The average Bonchev–Trinajstić information content (AvgIpc) is 0.926.